The van der Waals surface area contributed by atoms with Crippen molar-refractivity contribution in [3.8, 4) is 45.6 Å². The van der Waals surface area contributed by atoms with Crippen molar-refractivity contribution in [2.45, 2.75) is 0 Å². The van der Waals surface area contributed by atoms with Gasteiger partial charge in [-0.3, -0.25) is 0 Å². The van der Waals surface area contributed by atoms with Gasteiger partial charge in [-0.1, -0.05) is 133 Å². The lowest BCUT2D eigenvalue weighted by Gasteiger charge is -2.11. The van der Waals surface area contributed by atoms with Crippen molar-refractivity contribution < 1.29 is 4.42 Å². The Morgan fingerprint density at radius 3 is 1.84 bits per heavy atom. The second-order valence-electron chi connectivity index (χ2n) is 12.3. The fraction of sp³-hybridized carbons (Fsp3) is 0. The van der Waals surface area contributed by atoms with E-state index in [1.807, 2.05) is 66.7 Å². The number of rotatable bonds is 4. The molecule has 0 radical (unpaired) electrons. The summed E-state index contributed by atoms with van der Waals surface area (Å²) < 4.78 is 6.49. The molecule has 0 aliphatic heterocycles. The molecule has 0 aliphatic rings. The summed E-state index contributed by atoms with van der Waals surface area (Å²) in [6.45, 7) is 0. The monoisotopic (exact) mass is 626 g/mol. The molecular formula is C44H26N4O. The number of hydrogen-bond donors (Lipinski definition) is 0. The molecule has 0 saturated carbocycles. The van der Waals surface area contributed by atoms with Crippen LogP contribution in [0.1, 0.15) is 0 Å². The molecule has 0 unspecified atom stereocenters. The first-order chi connectivity index (χ1) is 24.2. The van der Waals surface area contributed by atoms with Crippen LogP contribution in [0.2, 0.25) is 0 Å². The molecule has 0 bridgehead atoms. The zero-order chi connectivity index (χ0) is 32.3. The van der Waals surface area contributed by atoms with Gasteiger partial charge in [0.2, 0.25) is 0 Å². The molecule has 3 heterocycles. The van der Waals surface area contributed by atoms with Gasteiger partial charge < -0.3 is 4.42 Å². The minimum absolute atomic E-state index is 0.488. The number of fused-ring (bicyclic) bond motifs is 7. The third kappa shape index (κ3) is 4.63. The molecular weight excluding hydrogens is 601 g/mol. The van der Waals surface area contributed by atoms with Gasteiger partial charge in [0, 0.05) is 28.1 Å². The molecule has 0 atom stereocenters. The number of aromatic nitrogens is 4. The van der Waals surface area contributed by atoms with Gasteiger partial charge in [-0.25, -0.2) is 19.9 Å². The van der Waals surface area contributed by atoms with Crippen LogP contribution >= 0.6 is 0 Å². The summed E-state index contributed by atoms with van der Waals surface area (Å²) in [5, 5.41) is 8.92. The highest BCUT2D eigenvalue weighted by atomic mass is 16.3. The molecule has 0 N–H and O–H groups in total. The molecule has 228 valence electrons. The number of benzene rings is 7. The summed E-state index contributed by atoms with van der Waals surface area (Å²) in [4.78, 5) is 20.6. The van der Waals surface area contributed by atoms with Gasteiger partial charge in [-0.2, -0.15) is 0 Å². The third-order valence-corrected chi connectivity index (χ3v) is 9.29. The number of pyridine rings is 1. The van der Waals surface area contributed by atoms with Crippen LogP contribution in [0.25, 0.3) is 99.8 Å². The summed E-state index contributed by atoms with van der Waals surface area (Å²) in [5.41, 5.74) is 5.75. The highest BCUT2D eigenvalue weighted by molar-refractivity contribution is 6.12. The minimum atomic E-state index is 0.488. The first-order valence-electron chi connectivity index (χ1n) is 16.3. The van der Waals surface area contributed by atoms with E-state index in [-0.39, 0.29) is 0 Å². The molecule has 49 heavy (non-hydrogen) atoms. The SMILES string of the molecule is c1ccc(-c2nc(-c3ccc4ccccc4c3)nc(-c3nc(-c4ccc5c(ccc6ccccc65)c4)cc4oc5ccccc5c34)n2)cc1. The van der Waals surface area contributed by atoms with E-state index < -0.39 is 0 Å². The smallest absolute Gasteiger partial charge is 0.183 e. The predicted molar refractivity (Wildman–Crippen MR) is 199 cm³/mol. The van der Waals surface area contributed by atoms with E-state index in [0.717, 1.165) is 60.5 Å². The molecule has 0 spiro atoms. The van der Waals surface area contributed by atoms with Crippen molar-refractivity contribution in [3.05, 3.63) is 158 Å². The average molecular weight is 627 g/mol. The lowest BCUT2D eigenvalue weighted by molar-refractivity contribution is 0.668. The van der Waals surface area contributed by atoms with E-state index in [9.17, 15) is 0 Å². The quantitative estimate of drug-likeness (QED) is 0.182. The molecule has 3 aromatic heterocycles. The normalized spacial score (nSPS) is 11.7. The van der Waals surface area contributed by atoms with Crippen molar-refractivity contribution in [1.82, 2.24) is 19.9 Å². The van der Waals surface area contributed by atoms with Gasteiger partial charge in [-0.05, 0) is 50.5 Å². The van der Waals surface area contributed by atoms with Crippen LogP contribution in [0.3, 0.4) is 0 Å². The summed E-state index contributed by atoms with van der Waals surface area (Å²) in [6, 6.07) is 54.1. The number of hydrogen-bond acceptors (Lipinski definition) is 5. The van der Waals surface area contributed by atoms with Crippen LogP contribution in [-0.2, 0) is 0 Å². The molecule has 0 aliphatic carbocycles. The van der Waals surface area contributed by atoms with Crippen LogP contribution in [0.4, 0.5) is 0 Å². The molecule has 10 rings (SSSR count). The molecule has 0 fully saturated rings. The zero-order valence-corrected chi connectivity index (χ0v) is 26.2. The van der Waals surface area contributed by atoms with Crippen molar-refractivity contribution >= 4 is 54.3 Å². The number of para-hydroxylation sites is 1. The van der Waals surface area contributed by atoms with E-state index >= 15 is 0 Å². The van der Waals surface area contributed by atoms with Crippen LogP contribution in [0.15, 0.2) is 162 Å². The second-order valence-corrected chi connectivity index (χ2v) is 12.3. The second kappa shape index (κ2) is 10.9. The van der Waals surface area contributed by atoms with Gasteiger partial charge in [0.1, 0.15) is 16.9 Å². The molecule has 10 aromatic rings. The van der Waals surface area contributed by atoms with E-state index in [2.05, 4.69) is 91.0 Å². The van der Waals surface area contributed by atoms with E-state index in [1.54, 1.807) is 0 Å². The van der Waals surface area contributed by atoms with Gasteiger partial charge >= 0.3 is 0 Å². The van der Waals surface area contributed by atoms with Crippen molar-refractivity contribution in [3.63, 3.8) is 0 Å². The van der Waals surface area contributed by atoms with Crippen molar-refractivity contribution in [2.75, 3.05) is 0 Å². The highest BCUT2D eigenvalue weighted by Crippen LogP contribution is 2.39. The topological polar surface area (TPSA) is 64.7 Å². The van der Waals surface area contributed by atoms with Gasteiger partial charge in [-0.15, -0.1) is 0 Å². The largest absolute Gasteiger partial charge is 0.456 e. The zero-order valence-electron chi connectivity index (χ0n) is 26.2. The van der Waals surface area contributed by atoms with Crippen LogP contribution in [-0.4, -0.2) is 19.9 Å². The van der Waals surface area contributed by atoms with Crippen molar-refractivity contribution in [2.24, 2.45) is 0 Å². The van der Waals surface area contributed by atoms with Gasteiger partial charge in [0.05, 0.1) is 11.1 Å². The maximum Gasteiger partial charge on any atom is 0.183 e. The molecule has 0 saturated heterocycles. The molecule has 5 heteroatoms. The predicted octanol–water partition coefficient (Wildman–Crippen LogP) is 11.3. The lowest BCUT2D eigenvalue weighted by atomic mass is 9.98. The van der Waals surface area contributed by atoms with Crippen molar-refractivity contribution in [1.29, 1.82) is 0 Å². The van der Waals surface area contributed by atoms with Gasteiger partial charge in [0.15, 0.2) is 17.5 Å². The maximum absolute atomic E-state index is 6.49. The Kier molecular flexibility index (Phi) is 6.11. The Hall–Kier alpha value is -6.72. The third-order valence-electron chi connectivity index (χ3n) is 9.29. The highest BCUT2D eigenvalue weighted by Gasteiger charge is 2.21. The van der Waals surface area contributed by atoms with E-state index in [4.69, 9.17) is 24.4 Å². The Balaban J connectivity index is 1.23. The Morgan fingerprint density at radius 1 is 0.347 bits per heavy atom. The lowest BCUT2D eigenvalue weighted by Crippen LogP contribution is -2.02. The average Bonchev–Trinajstić information content (AvgIpc) is 3.56. The molecule has 5 nitrogen and oxygen atoms in total. The standard InChI is InChI=1S/C44H26N4O/c1-2-12-29(13-3-1)42-46-43(33-21-18-27-10-4-5-14-30(27)24-33)48-44(47-42)41-40-36-16-8-9-17-38(36)49-39(40)26-37(45-41)32-22-23-35-31(25-32)20-19-28-11-6-7-15-34(28)35/h1-26H. The summed E-state index contributed by atoms with van der Waals surface area (Å²) in [7, 11) is 0. The first kappa shape index (κ1) is 27.4. The molecule has 0 amide bonds. The fourth-order valence-electron chi connectivity index (χ4n) is 6.88. The first-order valence-corrected chi connectivity index (χ1v) is 16.3. The van der Waals surface area contributed by atoms with Crippen LogP contribution in [0.5, 0.6) is 0 Å². The van der Waals surface area contributed by atoms with Crippen LogP contribution < -0.4 is 0 Å². The minimum Gasteiger partial charge on any atom is -0.456 e. The Morgan fingerprint density at radius 2 is 0.959 bits per heavy atom. The number of furan rings is 1. The summed E-state index contributed by atoms with van der Waals surface area (Å²) in [6.07, 6.45) is 0. The molecule has 7 aromatic carbocycles. The Labute approximate surface area is 281 Å². The fourth-order valence-corrected chi connectivity index (χ4v) is 6.88. The van der Waals surface area contributed by atoms with Crippen LogP contribution in [0, 0.1) is 0 Å². The maximum atomic E-state index is 6.49. The summed E-state index contributed by atoms with van der Waals surface area (Å²) in [5.74, 6) is 1.65. The van der Waals surface area contributed by atoms with E-state index in [1.165, 1.54) is 16.2 Å². The van der Waals surface area contributed by atoms with Gasteiger partial charge in [0.25, 0.3) is 0 Å². The summed E-state index contributed by atoms with van der Waals surface area (Å²) >= 11 is 0. The van der Waals surface area contributed by atoms with E-state index in [0.29, 0.717) is 23.2 Å². The number of nitrogens with zero attached hydrogens (tertiary/aromatic N) is 4. The Bertz CT molecular complexity index is 2890.